The van der Waals surface area contributed by atoms with Gasteiger partial charge in [-0.1, -0.05) is 6.07 Å². The molecule has 9 nitrogen and oxygen atoms in total. The maximum absolute atomic E-state index is 12.4. The summed E-state index contributed by atoms with van der Waals surface area (Å²) in [5, 5.41) is 21.2. The molecule has 2 aromatic heterocycles. The van der Waals surface area contributed by atoms with Crippen LogP contribution in [-0.2, 0) is 27.1 Å². The summed E-state index contributed by atoms with van der Waals surface area (Å²) in [6.07, 6.45) is 4.27. The van der Waals surface area contributed by atoms with Crippen LogP contribution in [0.1, 0.15) is 25.3 Å². The quantitative estimate of drug-likeness (QED) is 0.254. The second kappa shape index (κ2) is 9.82. The molecule has 3 aromatic rings. The number of hydrogen-bond donors (Lipinski definition) is 3. The summed E-state index contributed by atoms with van der Waals surface area (Å²) >= 11 is 0. The van der Waals surface area contributed by atoms with E-state index in [9.17, 15) is 19.8 Å². The van der Waals surface area contributed by atoms with Crippen molar-refractivity contribution in [3.63, 3.8) is 0 Å². The third-order valence-electron chi connectivity index (χ3n) is 5.24. The maximum atomic E-state index is 12.4. The van der Waals surface area contributed by atoms with Gasteiger partial charge in [-0.2, -0.15) is 0 Å². The molecule has 0 radical (unpaired) electrons. The van der Waals surface area contributed by atoms with Gasteiger partial charge in [0.2, 0.25) is 0 Å². The first kappa shape index (κ1) is 23.5. The Morgan fingerprint density at radius 1 is 1.10 bits per heavy atom. The number of quaternary nitrogens is 1. The number of benzene rings is 1. The fraction of sp³-hybridized carbons (Fsp3) is 0.450. The summed E-state index contributed by atoms with van der Waals surface area (Å²) < 4.78 is 4.32. The standard InChI is InChI=1S/C20H27N5O4.ClH/c1-13(10-14-6-7-15(26)16(27)11-14)21-8-4-5-9-25-12-22-18-17(25)19(28)24(3)20(29)23(18)2;/h6-7,11-13,21,26-27H,4-5,8-10H2,1-3H3;1H. The molecule has 30 heavy (non-hydrogen) atoms. The monoisotopic (exact) mass is 437 g/mol. The van der Waals surface area contributed by atoms with Gasteiger partial charge in [0, 0.05) is 27.1 Å². The van der Waals surface area contributed by atoms with E-state index in [0.29, 0.717) is 23.8 Å². The molecule has 4 N–H and O–H groups in total. The molecule has 1 atom stereocenters. The summed E-state index contributed by atoms with van der Waals surface area (Å²) in [6, 6.07) is 5.26. The van der Waals surface area contributed by atoms with Crippen molar-refractivity contribution in [2.24, 2.45) is 14.1 Å². The van der Waals surface area contributed by atoms with E-state index in [1.54, 1.807) is 19.4 Å². The van der Waals surface area contributed by atoms with Gasteiger partial charge >= 0.3 is 5.69 Å². The van der Waals surface area contributed by atoms with E-state index in [1.165, 1.54) is 17.7 Å². The Labute approximate surface area is 180 Å². The van der Waals surface area contributed by atoms with Crippen LogP contribution in [0.15, 0.2) is 34.1 Å². The number of nitrogens with two attached hydrogens (primary N) is 1. The highest BCUT2D eigenvalue weighted by Gasteiger charge is 2.14. The predicted octanol–water partition coefficient (Wildman–Crippen LogP) is -3.18. The van der Waals surface area contributed by atoms with Crippen molar-refractivity contribution < 1.29 is 27.9 Å². The zero-order valence-electron chi connectivity index (χ0n) is 17.4. The minimum absolute atomic E-state index is 0. The molecule has 0 bridgehead atoms. The average Bonchev–Trinajstić information content (AvgIpc) is 3.11. The van der Waals surface area contributed by atoms with Crippen molar-refractivity contribution in [1.82, 2.24) is 18.7 Å². The minimum atomic E-state index is -0.377. The molecule has 0 amide bonds. The zero-order valence-corrected chi connectivity index (χ0v) is 18.1. The van der Waals surface area contributed by atoms with Gasteiger partial charge < -0.3 is 32.5 Å². The van der Waals surface area contributed by atoms with E-state index >= 15 is 0 Å². The number of rotatable bonds is 8. The van der Waals surface area contributed by atoms with E-state index in [4.69, 9.17) is 0 Å². The first-order valence-corrected chi connectivity index (χ1v) is 9.74. The molecular formula is C20H28ClN5O4. The van der Waals surface area contributed by atoms with Gasteiger partial charge in [-0.3, -0.25) is 13.9 Å². The molecule has 1 aromatic carbocycles. The summed E-state index contributed by atoms with van der Waals surface area (Å²) in [7, 11) is 3.09. The minimum Gasteiger partial charge on any atom is -1.00 e. The number of halogens is 1. The Bertz CT molecular complexity index is 1130. The Morgan fingerprint density at radius 3 is 2.53 bits per heavy atom. The second-order valence-electron chi connectivity index (χ2n) is 7.55. The average molecular weight is 438 g/mol. The summed E-state index contributed by atoms with van der Waals surface area (Å²) in [4.78, 5) is 28.7. The number of aryl methyl sites for hydroxylation is 2. The topological polar surface area (TPSA) is 119 Å². The second-order valence-corrected chi connectivity index (χ2v) is 7.55. The third kappa shape index (κ3) is 4.85. The van der Waals surface area contributed by atoms with Crippen molar-refractivity contribution >= 4 is 11.2 Å². The Kier molecular flexibility index (Phi) is 7.69. The van der Waals surface area contributed by atoms with Crippen molar-refractivity contribution in [2.75, 3.05) is 6.54 Å². The largest absolute Gasteiger partial charge is 1.00 e. The van der Waals surface area contributed by atoms with Gasteiger partial charge in [-0.05, 0) is 37.5 Å². The zero-order chi connectivity index (χ0) is 21.1. The molecule has 2 heterocycles. The number of nitrogens with zero attached hydrogens (tertiary/aromatic N) is 4. The summed E-state index contributed by atoms with van der Waals surface area (Å²) in [5.41, 5.74) is 1.15. The van der Waals surface area contributed by atoms with E-state index in [1.807, 2.05) is 10.6 Å². The fourth-order valence-electron chi connectivity index (χ4n) is 3.55. The highest BCUT2D eigenvalue weighted by atomic mass is 35.5. The number of hydrogen-bond acceptors (Lipinski definition) is 5. The van der Waals surface area contributed by atoms with Crippen LogP contribution in [0.25, 0.3) is 11.2 Å². The van der Waals surface area contributed by atoms with Gasteiger partial charge in [0.25, 0.3) is 5.56 Å². The molecule has 164 valence electrons. The summed E-state index contributed by atoms with van der Waals surface area (Å²) in [5.74, 6) is -0.196. The molecular weight excluding hydrogens is 410 g/mol. The van der Waals surface area contributed by atoms with Crippen LogP contribution in [0.3, 0.4) is 0 Å². The molecule has 0 saturated carbocycles. The molecule has 0 spiro atoms. The smallest absolute Gasteiger partial charge is 0.332 e. The third-order valence-corrected chi connectivity index (χ3v) is 5.24. The first-order chi connectivity index (χ1) is 13.8. The molecule has 0 aliphatic heterocycles. The number of aromatic nitrogens is 4. The van der Waals surface area contributed by atoms with Crippen LogP contribution in [0.2, 0.25) is 0 Å². The van der Waals surface area contributed by atoms with E-state index in [-0.39, 0.29) is 35.2 Å². The Balaban J connectivity index is 0.00000320. The van der Waals surface area contributed by atoms with Crippen molar-refractivity contribution in [3.05, 3.63) is 50.9 Å². The maximum Gasteiger partial charge on any atom is 0.332 e. The normalized spacial score (nSPS) is 12.1. The molecule has 0 saturated heterocycles. The lowest BCUT2D eigenvalue weighted by Gasteiger charge is -2.12. The number of phenols is 2. The van der Waals surface area contributed by atoms with E-state index in [0.717, 1.165) is 35.9 Å². The van der Waals surface area contributed by atoms with Crippen LogP contribution in [0, 0.1) is 0 Å². The van der Waals surface area contributed by atoms with Gasteiger partial charge in [0.05, 0.1) is 18.9 Å². The Morgan fingerprint density at radius 2 is 1.83 bits per heavy atom. The molecule has 10 heteroatoms. The van der Waals surface area contributed by atoms with Crippen LogP contribution >= 0.6 is 0 Å². The lowest BCUT2D eigenvalue weighted by Crippen LogP contribution is -3.00. The number of phenolic OH excluding ortho intramolecular Hbond substituents is 2. The summed E-state index contributed by atoms with van der Waals surface area (Å²) in [6.45, 7) is 3.73. The van der Waals surface area contributed by atoms with Gasteiger partial charge in [0.15, 0.2) is 22.7 Å². The van der Waals surface area contributed by atoms with Gasteiger partial charge in [0.1, 0.15) is 0 Å². The van der Waals surface area contributed by atoms with Gasteiger partial charge in [-0.15, -0.1) is 0 Å². The molecule has 0 aliphatic carbocycles. The van der Waals surface area contributed by atoms with Crippen LogP contribution in [-0.4, -0.2) is 41.5 Å². The predicted molar refractivity (Wildman–Crippen MR) is 109 cm³/mol. The number of aromatic hydroxyl groups is 2. The fourth-order valence-corrected chi connectivity index (χ4v) is 3.55. The SMILES string of the molecule is CC(Cc1ccc(O)c(O)c1)[NH2+]CCCCn1cnc2c1c(=O)n(C)c(=O)n2C.[Cl-]. The van der Waals surface area contributed by atoms with E-state index < -0.39 is 0 Å². The van der Waals surface area contributed by atoms with Crippen molar-refractivity contribution in [1.29, 1.82) is 0 Å². The van der Waals surface area contributed by atoms with Crippen LogP contribution < -0.4 is 29.0 Å². The lowest BCUT2D eigenvalue weighted by molar-refractivity contribution is -0.686. The van der Waals surface area contributed by atoms with Crippen LogP contribution in [0.5, 0.6) is 11.5 Å². The lowest BCUT2D eigenvalue weighted by atomic mass is 10.1. The van der Waals surface area contributed by atoms with Crippen molar-refractivity contribution in [3.8, 4) is 11.5 Å². The number of fused-ring (bicyclic) bond motifs is 1. The Hall–Kier alpha value is -2.78. The van der Waals surface area contributed by atoms with Gasteiger partial charge in [-0.25, -0.2) is 9.78 Å². The number of imidazole rings is 1. The molecule has 1 unspecified atom stereocenters. The molecule has 0 aliphatic rings. The number of unbranched alkanes of at least 4 members (excludes halogenated alkanes) is 1. The van der Waals surface area contributed by atoms with E-state index in [2.05, 4.69) is 17.2 Å². The molecule has 3 rings (SSSR count). The van der Waals surface area contributed by atoms with Crippen LogP contribution in [0.4, 0.5) is 0 Å². The highest BCUT2D eigenvalue weighted by molar-refractivity contribution is 5.69. The molecule has 0 fully saturated rings. The highest BCUT2D eigenvalue weighted by Crippen LogP contribution is 2.25. The first-order valence-electron chi connectivity index (χ1n) is 9.74. The van der Waals surface area contributed by atoms with Crippen molar-refractivity contribution in [2.45, 2.75) is 38.8 Å².